The van der Waals surface area contributed by atoms with Crippen molar-refractivity contribution in [3.8, 4) is 11.1 Å². The van der Waals surface area contributed by atoms with Crippen molar-refractivity contribution in [3.63, 3.8) is 0 Å². The first-order chi connectivity index (χ1) is 17.9. The first-order valence-electron chi connectivity index (χ1n) is 13.0. The number of rotatable bonds is 14. The highest BCUT2D eigenvalue weighted by molar-refractivity contribution is 5.74. The molecule has 0 amide bonds. The molecule has 7 heteroatoms. The van der Waals surface area contributed by atoms with E-state index in [-0.39, 0.29) is 0 Å². The molecule has 194 valence electrons. The molecule has 3 aromatic rings. The predicted molar refractivity (Wildman–Crippen MR) is 152 cm³/mol. The Morgan fingerprint density at radius 1 is 0.649 bits per heavy atom. The van der Waals surface area contributed by atoms with Gasteiger partial charge in [-0.1, -0.05) is 88.1 Å². The summed E-state index contributed by atoms with van der Waals surface area (Å²) in [7, 11) is 0. The summed E-state index contributed by atoms with van der Waals surface area (Å²) >= 11 is 0. The maximum absolute atomic E-state index is 11.2. The van der Waals surface area contributed by atoms with E-state index in [1.54, 1.807) is 6.08 Å². The summed E-state index contributed by atoms with van der Waals surface area (Å²) in [6, 6.07) is 20.7. The van der Waals surface area contributed by atoms with Gasteiger partial charge in [-0.3, -0.25) is 20.2 Å². The van der Waals surface area contributed by atoms with E-state index < -0.39 is 21.2 Å². The van der Waals surface area contributed by atoms with Gasteiger partial charge in [0, 0.05) is 30.9 Å². The molecule has 0 aromatic heterocycles. The lowest BCUT2D eigenvalue weighted by Gasteiger charge is -2.25. The lowest BCUT2D eigenvalue weighted by molar-refractivity contribution is -0.422. The second-order valence-electron chi connectivity index (χ2n) is 9.17. The molecule has 0 aliphatic rings. The maximum Gasteiger partial charge on any atom is 0.346 e. The van der Waals surface area contributed by atoms with Crippen LogP contribution in [-0.2, 0) is 0 Å². The number of benzene rings is 3. The number of nitro benzene ring substituents is 2. The van der Waals surface area contributed by atoms with Gasteiger partial charge < -0.3 is 4.90 Å². The smallest absolute Gasteiger partial charge is 0.346 e. The Balaban J connectivity index is 1.70. The summed E-state index contributed by atoms with van der Waals surface area (Å²) in [6.45, 7) is 6.66. The van der Waals surface area contributed by atoms with Crippen molar-refractivity contribution in [2.24, 2.45) is 0 Å². The molecular formula is C30H35N3O4. The third-order valence-corrected chi connectivity index (χ3v) is 6.40. The summed E-state index contributed by atoms with van der Waals surface area (Å²) in [4.78, 5) is 23.2. The van der Waals surface area contributed by atoms with Crippen molar-refractivity contribution in [2.45, 2.75) is 52.4 Å². The molecule has 0 saturated carbocycles. The first-order valence-corrected chi connectivity index (χ1v) is 13.0. The summed E-state index contributed by atoms with van der Waals surface area (Å²) in [5.74, 6) is 0. The zero-order chi connectivity index (χ0) is 26.6. The summed E-state index contributed by atoms with van der Waals surface area (Å²) in [5.41, 5.74) is 3.96. The average molecular weight is 502 g/mol. The second kappa shape index (κ2) is 13.9. The Labute approximate surface area is 218 Å². The molecule has 0 saturated heterocycles. The van der Waals surface area contributed by atoms with Crippen molar-refractivity contribution in [2.75, 3.05) is 18.0 Å². The van der Waals surface area contributed by atoms with E-state index in [4.69, 9.17) is 0 Å². The fourth-order valence-electron chi connectivity index (χ4n) is 4.26. The van der Waals surface area contributed by atoms with E-state index in [2.05, 4.69) is 43.0 Å². The molecule has 0 unspecified atom stereocenters. The van der Waals surface area contributed by atoms with Crippen LogP contribution in [0.5, 0.6) is 0 Å². The van der Waals surface area contributed by atoms with Crippen LogP contribution in [0.1, 0.15) is 63.5 Å². The zero-order valence-corrected chi connectivity index (χ0v) is 21.6. The van der Waals surface area contributed by atoms with Crippen LogP contribution in [0.2, 0.25) is 0 Å². The molecule has 0 fully saturated rings. The minimum absolute atomic E-state index is 0.512. The third kappa shape index (κ3) is 8.00. The van der Waals surface area contributed by atoms with Crippen molar-refractivity contribution >= 4 is 29.2 Å². The summed E-state index contributed by atoms with van der Waals surface area (Å²) < 4.78 is 0. The molecule has 0 aliphatic carbocycles. The van der Waals surface area contributed by atoms with Gasteiger partial charge in [-0.05, 0) is 53.3 Å². The molecule has 37 heavy (non-hydrogen) atoms. The van der Waals surface area contributed by atoms with Gasteiger partial charge in [-0.25, -0.2) is 0 Å². The fraction of sp³-hybridized carbons (Fsp3) is 0.333. The van der Waals surface area contributed by atoms with Crippen molar-refractivity contribution in [3.05, 3.63) is 98.1 Å². The van der Waals surface area contributed by atoms with E-state index in [0.29, 0.717) is 5.56 Å². The molecule has 3 aromatic carbocycles. The molecule has 0 atom stereocenters. The quantitative estimate of drug-likeness (QED) is 0.0955. The van der Waals surface area contributed by atoms with Crippen molar-refractivity contribution in [1.29, 1.82) is 0 Å². The largest absolute Gasteiger partial charge is 0.372 e. The lowest BCUT2D eigenvalue weighted by atomic mass is 10.0. The van der Waals surface area contributed by atoms with Crippen molar-refractivity contribution in [1.82, 2.24) is 0 Å². The van der Waals surface area contributed by atoms with E-state index >= 15 is 0 Å². The van der Waals surface area contributed by atoms with Gasteiger partial charge in [-0.15, -0.1) is 0 Å². The van der Waals surface area contributed by atoms with Gasteiger partial charge >= 0.3 is 11.4 Å². The number of nitro groups is 2. The Hall–Kier alpha value is -4.00. The van der Waals surface area contributed by atoms with E-state index in [9.17, 15) is 20.2 Å². The Bertz CT molecular complexity index is 1190. The van der Waals surface area contributed by atoms with Crippen LogP contribution >= 0.6 is 0 Å². The second-order valence-corrected chi connectivity index (χ2v) is 9.17. The SMILES string of the molecule is CCCCCN(CCCCC)c1ccc(-c2ccc(/C=C/c3ccc([N+](=O)[O-])c([N+](=O)[O-])c3)cc2)cc1. The Morgan fingerprint density at radius 2 is 1.14 bits per heavy atom. The summed E-state index contributed by atoms with van der Waals surface area (Å²) in [6.07, 6.45) is 10.9. The van der Waals surface area contributed by atoms with Gasteiger partial charge in [0.2, 0.25) is 0 Å². The molecule has 0 spiro atoms. The number of unbranched alkanes of at least 4 members (excludes halogenated alkanes) is 4. The highest BCUT2D eigenvalue weighted by Gasteiger charge is 2.23. The molecule has 0 heterocycles. The van der Waals surface area contributed by atoms with Gasteiger partial charge in [-0.2, -0.15) is 0 Å². The van der Waals surface area contributed by atoms with Crippen LogP contribution in [0.4, 0.5) is 17.1 Å². The number of hydrogen-bond acceptors (Lipinski definition) is 5. The highest BCUT2D eigenvalue weighted by atomic mass is 16.6. The fourth-order valence-corrected chi connectivity index (χ4v) is 4.26. The van der Waals surface area contributed by atoms with E-state index in [1.807, 2.05) is 30.3 Å². The average Bonchev–Trinajstić information content (AvgIpc) is 2.91. The van der Waals surface area contributed by atoms with Crippen LogP contribution < -0.4 is 4.90 Å². The van der Waals surface area contributed by atoms with Gasteiger partial charge in [0.05, 0.1) is 9.85 Å². The molecule has 0 bridgehead atoms. The van der Waals surface area contributed by atoms with Gasteiger partial charge in [0.15, 0.2) is 0 Å². The molecular weight excluding hydrogens is 466 g/mol. The Kier molecular flexibility index (Phi) is 10.4. The van der Waals surface area contributed by atoms with Gasteiger partial charge in [0.1, 0.15) is 0 Å². The van der Waals surface area contributed by atoms with Crippen LogP contribution in [0.3, 0.4) is 0 Å². The molecule has 0 radical (unpaired) electrons. The minimum atomic E-state index is -0.743. The number of nitrogens with zero attached hydrogens (tertiary/aromatic N) is 3. The monoisotopic (exact) mass is 501 g/mol. The lowest BCUT2D eigenvalue weighted by Crippen LogP contribution is -2.25. The van der Waals surface area contributed by atoms with Crippen LogP contribution in [0.25, 0.3) is 23.3 Å². The normalized spacial score (nSPS) is 11.1. The highest BCUT2D eigenvalue weighted by Crippen LogP contribution is 2.29. The summed E-state index contributed by atoms with van der Waals surface area (Å²) in [5, 5.41) is 22.2. The Morgan fingerprint density at radius 3 is 1.65 bits per heavy atom. The van der Waals surface area contributed by atoms with Crippen LogP contribution in [0, 0.1) is 20.2 Å². The first kappa shape index (κ1) is 27.6. The minimum Gasteiger partial charge on any atom is -0.372 e. The number of anilines is 1. The third-order valence-electron chi connectivity index (χ3n) is 6.40. The molecule has 3 rings (SSSR count). The van der Waals surface area contributed by atoms with Crippen LogP contribution in [-0.4, -0.2) is 22.9 Å². The molecule has 0 aliphatic heterocycles. The van der Waals surface area contributed by atoms with E-state index in [0.717, 1.165) is 29.8 Å². The zero-order valence-electron chi connectivity index (χ0n) is 21.6. The number of hydrogen-bond donors (Lipinski definition) is 0. The van der Waals surface area contributed by atoms with Gasteiger partial charge in [0.25, 0.3) is 0 Å². The standard InChI is InChI=1S/C30H35N3O4/c1-3-5-7-21-31(22-8-6-4-2)28-18-16-27(17-19-28)26-14-11-24(12-15-26)9-10-25-13-20-29(32(34)35)30(23-25)33(36)37/h9-20,23H,3-8,21-22H2,1-2H3/b10-9+. The van der Waals surface area contributed by atoms with E-state index in [1.165, 1.54) is 62.4 Å². The topological polar surface area (TPSA) is 89.5 Å². The maximum atomic E-state index is 11.2. The van der Waals surface area contributed by atoms with Crippen LogP contribution in [0.15, 0.2) is 66.7 Å². The predicted octanol–water partition coefficient (Wildman–Crippen LogP) is 8.53. The molecule has 0 N–H and O–H groups in total. The van der Waals surface area contributed by atoms with Crippen molar-refractivity contribution < 1.29 is 9.85 Å². The molecule has 7 nitrogen and oxygen atoms in total.